The third-order valence-corrected chi connectivity index (χ3v) is 13.0. The van der Waals surface area contributed by atoms with Crippen molar-refractivity contribution in [2.75, 3.05) is 57.2 Å². The molecule has 6 aromatic rings. The molecular formula is C41H41N12Na5O12S4. The fourth-order valence-electron chi connectivity index (χ4n) is 6.36. The molecule has 0 aliphatic heterocycles. The molecule has 2 heterocycles. The van der Waals surface area contributed by atoms with Crippen LogP contribution in [0.1, 0.15) is 44.4 Å². The van der Waals surface area contributed by atoms with Crippen LogP contribution in [0, 0.1) is 13.0 Å². The Morgan fingerprint density at radius 2 is 1.09 bits per heavy atom. The molecule has 0 saturated carbocycles. The number of aromatic nitrogens is 6. The number of nitrogens with zero attached hydrogens (tertiary/aromatic N) is 8. The SMILES string of the molecule is CCN(CC)c1nc(Nc2ccc(/C=C/c3[c-]cc(Nc4nc(Nc5cc(S(=O)(=O)[O-])ccc5S(=O)(=O)[O-])nc(N(CC)CC)n4)cc3)c(S(=O)(=O)[O-])c2)nc(Nc2cc(C)ccc2SOO[O-])n1.[Na+].[Na+].[Na+].[Na+].[Na+]. The predicted molar refractivity (Wildman–Crippen MR) is 250 cm³/mol. The van der Waals surface area contributed by atoms with E-state index in [1.165, 1.54) is 30.4 Å². The monoisotopic (exact) mass is 1140 g/mol. The first-order valence-corrected chi connectivity index (χ1v) is 25.4. The molecule has 0 amide bonds. The molecule has 0 bridgehead atoms. The Morgan fingerprint density at radius 1 is 0.581 bits per heavy atom. The number of aryl methyl sites for hydroxylation is 1. The molecule has 4 N–H and O–H groups in total. The second kappa shape index (κ2) is 31.9. The molecule has 0 fully saturated rings. The second-order valence-electron chi connectivity index (χ2n) is 14.3. The number of hydrogen-bond donors (Lipinski definition) is 4. The average Bonchev–Trinajstić information content (AvgIpc) is 3.28. The van der Waals surface area contributed by atoms with Gasteiger partial charge in [0, 0.05) is 31.9 Å². The van der Waals surface area contributed by atoms with Gasteiger partial charge in [-0.3, -0.25) is 5.04 Å². The Kier molecular flexibility index (Phi) is 30.3. The van der Waals surface area contributed by atoms with Crippen LogP contribution in [0.15, 0.2) is 92.4 Å². The molecule has 24 nitrogen and oxygen atoms in total. The quantitative estimate of drug-likeness (QED) is 0.00933. The van der Waals surface area contributed by atoms with Crippen LogP contribution < -0.4 is 184 Å². The van der Waals surface area contributed by atoms with Gasteiger partial charge < -0.3 is 50.0 Å². The van der Waals surface area contributed by atoms with Crippen molar-refractivity contribution in [1.29, 1.82) is 0 Å². The average molecular weight is 1140 g/mol. The van der Waals surface area contributed by atoms with E-state index in [0.29, 0.717) is 78.3 Å². The normalized spacial score (nSPS) is 11.1. The Hall–Kier alpha value is -1.60. The summed E-state index contributed by atoms with van der Waals surface area (Å²) in [4.78, 5) is 28.4. The molecule has 74 heavy (non-hydrogen) atoms. The van der Waals surface area contributed by atoms with Gasteiger partial charge in [-0.15, -0.1) is 30.3 Å². The minimum absolute atomic E-state index is 0. The Morgan fingerprint density at radius 3 is 1.58 bits per heavy atom. The summed E-state index contributed by atoms with van der Waals surface area (Å²) in [6.07, 6.45) is 2.94. The van der Waals surface area contributed by atoms with Gasteiger partial charge in [0.25, 0.3) is 0 Å². The minimum atomic E-state index is -5.17. The van der Waals surface area contributed by atoms with Crippen LogP contribution in [-0.2, 0) is 39.7 Å². The van der Waals surface area contributed by atoms with E-state index in [4.69, 9.17) is 0 Å². The van der Waals surface area contributed by atoms with E-state index in [1.807, 2.05) is 39.5 Å². The Labute approximate surface area is 543 Å². The van der Waals surface area contributed by atoms with Gasteiger partial charge in [0.15, 0.2) is 0 Å². The molecular weight excluding hydrogens is 1100 g/mol. The van der Waals surface area contributed by atoms with Crippen molar-refractivity contribution in [1.82, 2.24) is 29.9 Å². The molecule has 0 radical (unpaired) electrons. The number of anilines is 10. The summed E-state index contributed by atoms with van der Waals surface area (Å²) in [5.74, 6) is 0.116. The number of nitrogens with one attached hydrogen (secondary N) is 4. The zero-order valence-electron chi connectivity index (χ0n) is 42.0. The van der Waals surface area contributed by atoms with E-state index in [0.717, 1.165) is 11.6 Å². The fourth-order valence-corrected chi connectivity index (χ4v) is 8.59. The van der Waals surface area contributed by atoms with Crippen LogP contribution in [0.2, 0.25) is 0 Å². The van der Waals surface area contributed by atoms with E-state index >= 15 is 0 Å². The predicted octanol–water partition coefficient (Wildman–Crippen LogP) is -10.0. The first-order valence-electron chi connectivity index (χ1n) is 20.4. The molecule has 0 aliphatic rings. The van der Waals surface area contributed by atoms with Gasteiger partial charge in [0.05, 0.1) is 43.0 Å². The van der Waals surface area contributed by atoms with Crippen molar-refractivity contribution in [3.05, 3.63) is 95.6 Å². The molecule has 0 spiro atoms. The van der Waals surface area contributed by atoms with Crippen molar-refractivity contribution in [3.63, 3.8) is 0 Å². The van der Waals surface area contributed by atoms with Crippen LogP contribution in [0.5, 0.6) is 0 Å². The van der Waals surface area contributed by atoms with Gasteiger partial charge >= 0.3 is 148 Å². The van der Waals surface area contributed by atoms with Gasteiger partial charge in [-0.05, 0) is 93.9 Å². The summed E-state index contributed by atoms with van der Waals surface area (Å²) in [6.45, 7) is 11.3. The van der Waals surface area contributed by atoms with E-state index in [-0.39, 0.29) is 195 Å². The van der Waals surface area contributed by atoms with Crippen molar-refractivity contribution in [2.45, 2.75) is 54.2 Å². The Bertz CT molecular complexity index is 3210. The van der Waals surface area contributed by atoms with E-state index < -0.39 is 50.7 Å². The summed E-state index contributed by atoms with van der Waals surface area (Å²) in [5, 5.41) is 25.6. The summed E-state index contributed by atoms with van der Waals surface area (Å²) in [5.41, 5.74) is 1.86. The number of benzene rings is 4. The molecule has 0 unspecified atom stereocenters. The molecule has 366 valence electrons. The summed E-state index contributed by atoms with van der Waals surface area (Å²) in [6, 6.07) is 19.2. The number of rotatable bonds is 22. The van der Waals surface area contributed by atoms with Crippen molar-refractivity contribution in [2.24, 2.45) is 0 Å². The standard InChI is InChI=1S/C41H45N12O12S4.5Na/c1-6-52(7-2)40-48-36(46-39(51-40)45-32-24-30(67(55,56)57)19-21-34(32)68(58,59)60)42-28-16-12-26(13-17-28)11-14-27-15-18-29(23-35(27)69(61,62)63)43-37-47-38(50-41(49-37)53(8-3)9-4)44-31-22-25(5)10-20-33(31)66-65-64-54;;;;;/h10-12,14-24,54H,6-9H2,1-5H3,(H,55,56,57)(H,58,59,60)(H,61,62,63)(H2,42,45,46,48,51)(H2,43,44,47,49,50);;;;;/q-1;5*+1/p-4/b14-11+;;;;;. The maximum absolute atomic E-state index is 12.6. The Balaban J connectivity index is 0.00000548. The zero-order valence-corrected chi connectivity index (χ0v) is 55.3. The smallest absolute Gasteiger partial charge is 0.744 e. The van der Waals surface area contributed by atoms with Gasteiger partial charge in [-0.25, -0.2) is 25.3 Å². The molecule has 0 saturated heterocycles. The van der Waals surface area contributed by atoms with Crippen LogP contribution in [0.25, 0.3) is 12.2 Å². The molecule has 6 rings (SSSR count). The number of hydrogen-bond acceptors (Lipinski definition) is 25. The first-order chi connectivity index (χ1) is 32.7. The van der Waals surface area contributed by atoms with Gasteiger partial charge in [0.2, 0.25) is 35.7 Å². The van der Waals surface area contributed by atoms with Gasteiger partial charge in [-0.2, -0.15) is 39.8 Å². The van der Waals surface area contributed by atoms with Crippen LogP contribution >= 0.6 is 12.0 Å². The summed E-state index contributed by atoms with van der Waals surface area (Å²) >= 11 is 0.674. The van der Waals surface area contributed by atoms with Crippen molar-refractivity contribution >= 4 is 113 Å². The van der Waals surface area contributed by atoms with Crippen molar-refractivity contribution in [3.8, 4) is 0 Å². The van der Waals surface area contributed by atoms with Crippen molar-refractivity contribution < 1.29 is 201 Å². The third kappa shape index (κ3) is 19.9. The fraction of sp³-hybridized carbons (Fsp3) is 0.220. The summed E-state index contributed by atoms with van der Waals surface area (Å²) in [7, 11) is -15.3. The van der Waals surface area contributed by atoms with E-state index in [1.54, 1.807) is 35.2 Å². The van der Waals surface area contributed by atoms with E-state index in [9.17, 15) is 44.2 Å². The molecule has 0 atom stereocenters. The van der Waals surface area contributed by atoms with Gasteiger partial charge in [-0.1, -0.05) is 18.2 Å². The molecule has 2 aromatic heterocycles. The topological polar surface area (TPSA) is 345 Å². The molecule has 4 aromatic carbocycles. The largest absolute Gasteiger partial charge is 1.00 e. The van der Waals surface area contributed by atoms with Crippen LogP contribution in [0.3, 0.4) is 0 Å². The van der Waals surface area contributed by atoms with E-state index in [2.05, 4.69) is 66.6 Å². The van der Waals surface area contributed by atoms with Crippen LogP contribution in [0.4, 0.5) is 58.4 Å². The van der Waals surface area contributed by atoms with Crippen LogP contribution in [-0.4, -0.2) is 95.0 Å². The molecule has 0 aliphatic carbocycles. The molecule has 33 heteroatoms. The first kappa shape index (κ1) is 70.4. The minimum Gasteiger partial charge on any atom is -0.744 e. The third-order valence-electron chi connectivity index (χ3n) is 9.70. The zero-order chi connectivity index (χ0) is 50.1. The maximum Gasteiger partial charge on any atom is 1.00 e. The van der Waals surface area contributed by atoms with Gasteiger partial charge in [0.1, 0.15) is 30.4 Å². The maximum atomic E-state index is 12.6. The summed E-state index contributed by atoms with van der Waals surface area (Å²) < 4.78 is 114. The second-order valence-corrected chi connectivity index (χ2v) is 19.1.